The largest absolute Gasteiger partial charge is 0.392 e. The topological polar surface area (TPSA) is 32.7 Å². The van der Waals surface area contributed by atoms with Gasteiger partial charge in [0.2, 0.25) is 0 Å². The lowest BCUT2D eigenvalue weighted by Gasteiger charge is -2.33. The van der Waals surface area contributed by atoms with Crippen molar-refractivity contribution in [3.05, 3.63) is 0 Å². The summed E-state index contributed by atoms with van der Waals surface area (Å²) in [4.78, 5) is 2.31. The molecular formula is C13H29NO2. The van der Waals surface area contributed by atoms with Crippen LogP contribution in [-0.4, -0.2) is 48.0 Å². The molecule has 0 heterocycles. The van der Waals surface area contributed by atoms with Crippen molar-refractivity contribution >= 4 is 0 Å². The van der Waals surface area contributed by atoms with Gasteiger partial charge in [-0.15, -0.1) is 0 Å². The van der Waals surface area contributed by atoms with E-state index in [1.807, 2.05) is 0 Å². The van der Waals surface area contributed by atoms with Crippen molar-refractivity contribution in [1.82, 2.24) is 4.90 Å². The first-order chi connectivity index (χ1) is 7.42. The van der Waals surface area contributed by atoms with Gasteiger partial charge < -0.3 is 9.84 Å². The first kappa shape index (κ1) is 15.9. The van der Waals surface area contributed by atoms with Crippen LogP contribution in [0.5, 0.6) is 0 Å². The second kappa shape index (κ2) is 8.04. The number of rotatable bonds is 8. The number of nitrogens with zero attached hydrogens (tertiary/aromatic N) is 1. The third-order valence-electron chi connectivity index (χ3n) is 3.07. The van der Waals surface area contributed by atoms with Crippen molar-refractivity contribution in [2.75, 3.05) is 13.7 Å². The SMILES string of the molecule is CCC(CC(O)CN(C(C)C)C(C)C)OC. The molecule has 0 rings (SSSR count). The van der Waals surface area contributed by atoms with E-state index in [1.165, 1.54) is 0 Å². The number of ether oxygens (including phenoxy) is 1. The maximum atomic E-state index is 10.0. The molecule has 0 aromatic carbocycles. The normalized spacial score (nSPS) is 16.1. The summed E-state index contributed by atoms with van der Waals surface area (Å²) in [5.74, 6) is 0. The molecule has 3 heteroatoms. The molecular weight excluding hydrogens is 202 g/mol. The standard InChI is InChI=1S/C13H29NO2/c1-7-13(16-6)8-12(15)9-14(10(2)3)11(4)5/h10-13,15H,7-9H2,1-6H3. The second-order valence-corrected chi connectivity index (χ2v) is 5.04. The molecule has 0 amide bonds. The first-order valence-electron chi connectivity index (χ1n) is 6.38. The number of hydrogen-bond acceptors (Lipinski definition) is 3. The Morgan fingerprint density at radius 1 is 1.12 bits per heavy atom. The van der Waals surface area contributed by atoms with Crippen LogP contribution in [0.15, 0.2) is 0 Å². The van der Waals surface area contributed by atoms with E-state index in [-0.39, 0.29) is 12.2 Å². The van der Waals surface area contributed by atoms with Crippen LogP contribution in [0.3, 0.4) is 0 Å². The summed E-state index contributed by atoms with van der Waals surface area (Å²) in [6.07, 6.45) is 1.56. The summed E-state index contributed by atoms with van der Waals surface area (Å²) >= 11 is 0. The van der Waals surface area contributed by atoms with Crippen LogP contribution in [0.25, 0.3) is 0 Å². The summed E-state index contributed by atoms with van der Waals surface area (Å²) in [6.45, 7) is 11.5. The predicted molar refractivity (Wildman–Crippen MR) is 68.7 cm³/mol. The molecule has 0 radical (unpaired) electrons. The molecule has 0 spiro atoms. The third kappa shape index (κ3) is 5.83. The van der Waals surface area contributed by atoms with Crippen LogP contribution in [0.2, 0.25) is 0 Å². The Bertz CT molecular complexity index is 159. The van der Waals surface area contributed by atoms with Crippen molar-refractivity contribution < 1.29 is 9.84 Å². The van der Waals surface area contributed by atoms with Gasteiger partial charge in [0.15, 0.2) is 0 Å². The third-order valence-corrected chi connectivity index (χ3v) is 3.07. The molecule has 1 N–H and O–H groups in total. The monoisotopic (exact) mass is 231 g/mol. The maximum absolute atomic E-state index is 10.0. The number of hydrogen-bond donors (Lipinski definition) is 1. The zero-order valence-corrected chi connectivity index (χ0v) is 11.7. The van der Waals surface area contributed by atoms with E-state index < -0.39 is 0 Å². The summed E-state index contributed by atoms with van der Waals surface area (Å²) in [5.41, 5.74) is 0. The van der Waals surface area contributed by atoms with Gasteiger partial charge in [-0.3, -0.25) is 4.90 Å². The zero-order chi connectivity index (χ0) is 12.7. The molecule has 2 unspecified atom stereocenters. The highest BCUT2D eigenvalue weighted by atomic mass is 16.5. The Morgan fingerprint density at radius 2 is 1.62 bits per heavy atom. The van der Waals surface area contributed by atoms with Crippen molar-refractivity contribution in [2.45, 2.75) is 71.8 Å². The molecule has 0 aromatic rings. The quantitative estimate of drug-likeness (QED) is 0.695. The average Bonchev–Trinajstić information content (AvgIpc) is 2.21. The van der Waals surface area contributed by atoms with E-state index in [4.69, 9.17) is 4.74 Å². The minimum absolute atomic E-state index is 0.177. The lowest BCUT2D eigenvalue weighted by atomic mass is 10.1. The molecule has 2 atom stereocenters. The van der Waals surface area contributed by atoms with Gasteiger partial charge in [-0.25, -0.2) is 0 Å². The Kier molecular flexibility index (Phi) is 7.98. The van der Waals surface area contributed by atoms with Gasteiger partial charge in [0.25, 0.3) is 0 Å². The Hall–Kier alpha value is -0.120. The molecule has 0 fully saturated rings. The van der Waals surface area contributed by atoms with Crippen LogP contribution in [0.4, 0.5) is 0 Å². The molecule has 0 saturated heterocycles. The fourth-order valence-electron chi connectivity index (χ4n) is 2.07. The van der Waals surface area contributed by atoms with Gasteiger partial charge in [0.05, 0.1) is 12.2 Å². The Labute approximate surface area is 101 Å². The van der Waals surface area contributed by atoms with Crippen molar-refractivity contribution in [3.63, 3.8) is 0 Å². The molecule has 0 aliphatic carbocycles. The molecule has 0 bridgehead atoms. The lowest BCUT2D eigenvalue weighted by Crippen LogP contribution is -2.43. The molecule has 0 aromatic heterocycles. The number of methoxy groups -OCH3 is 1. The van der Waals surface area contributed by atoms with Crippen LogP contribution in [0.1, 0.15) is 47.5 Å². The van der Waals surface area contributed by atoms with Crippen molar-refractivity contribution in [1.29, 1.82) is 0 Å². The molecule has 0 saturated carbocycles. The van der Waals surface area contributed by atoms with Crippen LogP contribution < -0.4 is 0 Å². The smallest absolute Gasteiger partial charge is 0.0692 e. The maximum Gasteiger partial charge on any atom is 0.0692 e. The summed E-state index contributed by atoms with van der Waals surface area (Å²) in [6, 6.07) is 0.939. The van der Waals surface area contributed by atoms with Gasteiger partial charge >= 0.3 is 0 Å². The van der Waals surface area contributed by atoms with Crippen LogP contribution >= 0.6 is 0 Å². The Balaban J connectivity index is 4.13. The molecule has 98 valence electrons. The van der Waals surface area contributed by atoms with Gasteiger partial charge in [0.1, 0.15) is 0 Å². The Morgan fingerprint density at radius 3 is 1.94 bits per heavy atom. The van der Waals surface area contributed by atoms with E-state index in [2.05, 4.69) is 39.5 Å². The zero-order valence-electron chi connectivity index (χ0n) is 11.7. The van der Waals surface area contributed by atoms with E-state index in [0.29, 0.717) is 12.1 Å². The summed E-state index contributed by atoms with van der Waals surface area (Å²) in [7, 11) is 1.71. The fraction of sp³-hybridized carbons (Fsp3) is 1.00. The molecule has 0 aliphatic heterocycles. The number of aliphatic hydroxyl groups is 1. The summed E-state index contributed by atoms with van der Waals surface area (Å²) < 4.78 is 5.29. The minimum atomic E-state index is -0.297. The van der Waals surface area contributed by atoms with E-state index in [9.17, 15) is 5.11 Å². The molecule has 0 aliphatic rings. The average molecular weight is 231 g/mol. The van der Waals surface area contributed by atoms with Crippen LogP contribution in [0, 0.1) is 0 Å². The molecule has 16 heavy (non-hydrogen) atoms. The van der Waals surface area contributed by atoms with Crippen LogP contribution in [-0.2, 0) is 4.74 Å². The van der Waals surface area contributed by atoms with Gasteiger partial charge in [-0.05, 0) is 34.1 Å². The highest BCUT2D eigenvalue weighted by Crippen LogP contribution is 2.11. The van der Waals surface area contributed by atoms with Crippen molar-refractivity contribution in [2.24, 2.45) is 0 Å². The van der Waals surface area contributed by atoms with Crippen molar-refractivity contribution in [3.8, 4) is 0 Å². The van der Waals surface area contributed by atoms with E-state index in [1.54, 1.807) is 7.11 Å². The summed E-state index contributed by atoms with van der Waals surface area (Å²) in [5, 5.41) is 10.0. The molecule has 3 nitrogen and oxygen atoms in total. The van der Waals surface area contributed by atoms with E-state index in [0.717, 1.165) is 19.4 Å². The van der Waals surface area contributed by atoms with E-state index >= 15 is 0 Å². The fourth-order valence-corrected chi connectivity index (χ4v) is 2.07. The highest BCUT2D eigenvalue weighted by Gasteiger charge is 2.19. The van der Waals surface area contributed by atoms with Gasteiger partial charge in [-0.2, -0.15) is 0 Å². The lowest BCUT2D eigenvalue weighted by molar-refractivity contribution is 0.0161. The van der Waals surface area contributed by atoms with Gasteiger partial charge in [-0.1, -0.05) is 6.92 Å². The minimum Gasteiger partial charge on any atom is -0.392 e. The van der Waals surface area contributed by atoms with Gasteiger partial charge in [0, 0.05) is 32.2 Å². The first-order valence-corrected chi connectivity index (χ1v) is 6.38. The highest BCUT2D eigenvalue weighted by molar-refractivity contribution is 4.73. The second-order valence-electron chi connectivity index (χ2n) is 5.04. The number of aliphatic hydroxyl groups excluding tert-OH is 1. The predicted octanol–water partition coefficient (Wildman–Crippen LogP) is 2.28.